The molecule has 6 heterocycles. The Labute approximate surface area is 315 Å². The molecule has 4 aliphatic rings. The molecular weight excluding hydrogens is 745 g/mol. The molecule has 53 heavy (non-hydrogen) atoms. The average Bonchev–Trinajstić information content (AvgIpc) is 3.95. The first-order chi connectivity index (χ1) is 25.5. The predicted molar refractivity (Wildman–Crippen MR) is 191 cm³/mol. The number of carboxylic acids is 1. The van der Waals surface area contributed by atoms with Crippen LogP contribution in [0.5, 0.6) is 0 Å². The number of nitrogens with zero attached hydrogens (tertiary/aromatic N) is 7. The van der Waals surface area contributed by atoms with E-state index in [-0.39, 0.29) is 64.6 Å². The van der Waals surface area contributed by atoms with Crippen LogP contribution in [-0.4, -0.2) is 90.1 Å². The molecule has 7 rings (SSSR count). The summed E-state index contributed by atoms with van der Waals surface area (Å²) in [5, 5.41) is 32.0. The lowest BCUT2D eigenvalue weighted by Gasteiger charge is -2.50. The van der Waals surface area contributed by atoms with E-state index in [0.717, 1.165) is 52.5 Å². The smallest absolute Gasteiger partial charge is 0.292 e. The van der Waals surface area contributed by atoms with Gasteiger partial charge in [-0.3, -0.25) is 29.4 Å². The molecule has 0 unspecified atom stereocenters. The lowest BCUT2D eigenvalue weighted by atomic mass is 10.0. The minimum absolute atomic E-state index is 0.0364. The number of nitrogens with one attached hydrogen (secondary N) is 2. The van der Waals surface area contributed by atoms with Crippen LogP contribution in [-0.2, 0) is 41.9 Å². The maximum absolute atomic E-state index is 13.5. The van der Waals surface area contributed by atoms with E-state index >= 15 is 0 Å². The number of likely N-dealkylation sites (tertiary alicyclic amines) is 1. The highest BCUT2D eigenvalue weighted by molar-refractivity contribution is 8.00. The van der Waals surface area contributed by atoms with Crippen molar-refractivity contribution in [2.45, 2.75) is 69.6 Å². The lowest BCUT2D eigenvalue weighted by molar-refractivity contribution is -0.684. The predicted octanol–water partition coefficient (Wildman–Crippen LogP) is 0.238. The van der Waals surface area contributed by atoms with Gasteiger partial charge >= 0.3 is 0 Å². The molecule has 3 aliphatic heterocycles. The molecule has 0 bridgehead atoms. The maximum atomic E-state index is 13.5. The molecule has 3 fully saturated rings. The number of carbonyl (C=O) groups is 5. The Morgan fingerprint density at radius 2 is 2.04 bits per heavy atom. The number of fused-ring (bicyclic) bond motifs is 1. The summed E-state index contributed by atoms with van der Waals surface area (Å²) in [6.45, 7) is 2.50. The van der Waals surface area contributed by atoms with Gasteiger partial charge in [0.25, 0.3) is 17.7 Å². The summed E-state index contributed by atoms with van der Waals surface area (Å²) in [5.74, 6) is -3.28. The monoisotopic (exact) mass is 778 g/mol. The number of anilines is 2. The van der Waals surface area contributed by atoms with E-state index in [4.69, 9.17) is 10.6 Å². The number of hydrogen-bond donors (Lipinski definition) is 3. The summed E-state index contributed by atoms with van der Waals surface area (Å²) < 4.78 is 1.70. The maximum Gasteiger partial charge on any atom is 0.292 e. The van der Waals surface area contributed by atoms with E-state index in [1.54, 1.807) is 40.2 Å². The van der Waals surface area contributed by atoms with Gasteiger partial charge in [-0.15, -0.1) is 33.3 Å². The van der Waals surface area contributed by atoms with Crippen LogP contribution < -0.4 is 26.0 Å². The number of aryl methyl sites for hydroxylation is 1. The van der Waals surface area contributed by atoms with Crippen molar-refractivity contribution >= 4 is 80.0 Å². The minimum Gasteiger partial charge on any atom is -0.543 e. The third-order valence-corrected chi connectivity index (χ3v) is 11.7. The van der Waals surface area contributed by atoms with Crippen LogP contribution in [0.15, 0.2) is 58.0 Å². The summed E-state index contributed by atoms with van der Waals surface area (Å²) in [6, 6.07) is 2.59. The largest absolute Gasteiger partial charge is 0.543 e. The first-order valence-corrected chi connectivity index (χ1v) is 19.5. The summed E-state index contributed by atoms with van der Waals surface area (Å²) >= 11 is 3.67. The number of carbonyl (C=O) groups excluding carboxylic acids is 5. The van der Waals surface area contributed by atoms with Crippen molar-refractivity contribution < 1.29 is 38.5 Å². The number of β-lactam (4-membered cyclic amide) rings is 1. The molecule has 2 saturated heterocycles. The topological polar surface area (TPSA) is 229 Å². The van der Waals surface area contributed by atoms with E-state index < -0.39 is 29.2 Å². The molecule has 0 aromatic carbocycles. The normalized spacial score (nSPS) is 21.2. The Kier molecular flexibility index (Phi) is 10.5. The molecule has 0 spiro atoms. The number of allylic oxidation sites excluding steroid dienone is 1. The number of thiazole rings is 1. The van der Waals surface area contributed by atoms with E-state index in [0.29, 0.717) is 23.7 Å². The molecule has 17 nitrogen and oxygen atoms in total. The van der Waals surface area contributed by atoms with Crippen molar-refractivity contribution in [1.29, 1.82) is 0 Å². The summed E-state index contributed by atoms with van der Waals surface area (Å²) in [6.07, 6.45) is 8.92. The van der Waals surface area contributed by atoms with E-state index in [1.165, 1.54) is 29.2 Å². The SMILES string of the molecule is Cc1nnc(NC(=O)C[n+]2cccc(CN3CC/C(=C\C4=C(C(=O)[O-])N5C(=O)[C@@H](NC(=O)/C(=N\OC6CCCC6)c6csc(N)n6)[C@H]5SC4)C3=O)c2)s1. The van der Waals surface area contributed by atoms with Crippen LogP contribution in [0.4, 0.5) is 10.3 Å². The molecule has 0 radical (unpaired) electrons. The number of thioether (sulfide) groups is 1. The lowest BCUT2D eigenvalue weighted by Crippen LogP contribution is -2.71. The quantitative estimate of drug-likeness (QED) is 0.0739. The van der Waals surface area contributed by atoms with Crippen LogP contribution in [0.25, 0.3) is 0 Å². The standard InChI is InChI=1S/C33H34N10O7S3/c1-17-38-39-33(53-17)36-23(44)14-41-9-4-5-18(12-41)13-42-10-8-19(28(42)46)11-20-15-51-30-25(29(47)43(30)26(20)31(48)49)37-27(45)24(22-16-52-32(34)35-22)40-50-21-6-2-3-7-21/h4-5,9,11-12,16,21,25,30H,2-3,6-8,10,13-15H2,1H3,(H4-,34,35,36,37,39,44,45,48,49)/b19-11+,40-24-/t25-,30-/m1/s1. The molecule has 3 aromatic heterocycles. The number of nitrogens with two attached hydrogens (primary N) is 1. The molecule has 20 heteroatoms. The van der Waals surface area contributed by atoms with Crippen molar-refractivity contribution in [2.75, 3.05) is 23.3 Å². The fraction of sp³-hybridized carbons (Fsp3) is 0.394. The molecule has 2 atom stereocenters. The Balaban J connectivity index is 1.00. The number of hydrogen-bond acceptors (Lipinski definition) is 15. The van der Waals surface area contributed by atoms with Crippen LogP contribution in [0.3, 0.4) is 0 Å². The van der Waals surface area contributed by atoms with Gasteiger partial charge in [-0.2, -0.15) is 4.57 Å². The van der Waals surface area contributed by atoms with Crippen LogP contribution in [0, 0.1) is 6.92 Å². The van der Waals surface area contributed by atoms with Gasteiger partial charge in [-0.25, -0.2) is 4.98 Å². The van der Waals surface area contributed by atoms with E-state index in [2.05, 4.69) is 31.0 Å². The number of amides is 4. The van der Waals surface area contributed by atoms with Crippen LogP contribution in [0.2, 0.25) is 0 Å². The highest BCUT2D eigenvalue weighted by Gasteiger charge is 2.53. The molecule has 1 saturated carbocycles. The zero-order chi connectivity index (χ0) is 37.2. The second-order valence-electron chi connectivity index (χ2n) is 12.8. The third kappa shape index (κ3) is 7.93. The highest BCUT2D eigenvalue weighted by atomic mass is 32.2. The van der Waals surface area contributed by atoms with Gasteiger partial charge in [0, 0.05) is 34.9 Å². The van der Waals surface area contributed by atoms with Crippen molar-refractivity contribution in [2.24, 2.45) is 5.16 Å². The first kappa shape index (κ1) is 36.2. The van der Waals surface area contributed by atoms with E-state index in [9.17, 15) is 29.1 Å². The Morgan fingerprint density at radius 3 is 2.75 bits per heavy atom. The van der Waals surface area contributed by atoms with Crippen LogP contribution >= 0.6 is 34.4 Å². The van der Waals surface area contributed by atoms with Gasteiger partial charge in [-0.1, -0.05) is 16.5 Å². The van der Waals surface area contributed by atoms with Gasteiger partial charge < -0.3 is 30.7 Å². The number of oxime groups is 1. The number of rotatable bonds is 12. The van der Waals surface area contributed by atoms with Crippen molar-refractivity contribution in [1.82, 2.24) is 30.3 Å². The fourth-order valence-corrected chi connectivity index (χ4v) is 8.96. The van der Waals surface area contributed by atoms with Crippen molar-refractivity contribution in [3.8, 4) is 0 Å². The van der Waals surface area contributed by atoms with Gasteiger partial charge in [0.1, 0.15) is 28.2 Å². The van der Waals surface area contributed by atoms with Gasteiger partial charge in [-0.05, 0) is 56.7 Å². The summed E-state index contributed by atoms with van der Waals surface area (Å²) in [7, 11) is 0. The molecule has 1 aliphatic carbocycles. The average molecular weight is 779 g/mol. The Bertz CT molecular complexity index is 2070. The summed E-state index contributed by atoms with van der Waals surface area (Å²) in [5.41, 5.74) is 7.01. The van der Waals surface area contributed by atoms with Crippen molar-refractivity contribution in [3.63, 3.8) is 0 Å². The fourth-order valence-electron chi connectivity index (χ4n) is 6.50. The molecular formula is C33H34N10O7S3. The van der Waals surface area contributed by atoms with Gasteiger partial charge in [0.05, 0.1) is 18.2 Å². The second kappa shape index (κ2) is 15.4. The number of pyridine rings is 1. The molecule has 3 aromatic rings. The van der Waals surface area contributed by atoms with E-state index in [1.807, 2.05) is 6.07 Å². The number of aliphatic carboxylic acids is 1. The first-order valence-electron chi connectivity index (χ1n) is 16.8. The highest BCUT2D eigenvalue weighted by Crippen LogP contribution is 2.41. The molecule has 4 N–H and O–H groups in total. The Morgan fingerprint density at radius 1 is 1.23 bits per heavy atom. The zero-order valence-electron chi connectivity index (χ0n) is 28.4. The summed E-state index contributed by atoms with van der Waals surface area (Å²) in [4.78, 5) is 77.8. The number of aromatic nitrogens is 4. The second-order valence-corrected chi connectivity index (χ2v) is 15.9. The Hall–Kier alpha value is -5.21. The third-order valence-electron chi connectivity index (χ3n) is 9.01. The van der Waals surface area contributed by atoms with Gasteiger partial charge in [0.2, 0.25) is 17.6 Å². The molecule has 4 amide bonds. The minimum atomic E-state index is -1.56. The van der Waals surface area contributed by atoms with Crippen LogP contribution in [0.1, 0.15) is 48.4 Å². The van der Waals surface area contributed by atoms with Crippen molar-refractivity contribution in [3.05, 3.63) is 69.1 Å². The van der Waals surface area contributed by atoms with Gasteiger partial charge in [0.15, 0.2) is 23.2 Å². The number of nitrogen functional groups attached to an aromatic ring is 1. The zero-order valence-corrected chi connectivity index (χ0v) is 30.8. The molecule has 276 valence electrons. The number of carboxylic acid groups (broad SMARTS) is 1.